The molecule has 0 saturated heterocycles. The molecule has 0 spiro atoms. The van der Waals surface area contributed by atoms with Gasteiger partial charge in [0.15, 0.2) is 0 Å². The van der Waals surface area contributed by atoms with Gasteiger partial charge in [-0.05, 0) is 47.5 Å². The molecule has 4 rings (SSSR count). The summed E-state index contributed by atoms with van der Waals surface area (Å²) in [6, 6.07) is 23.5. The molecular formula is C21H17ClN2O3S. The van der Waals surface area contributed by atoms with Crippen molar-refractivity contribution in [2.45, 2.75) is 17.4 Å². The van der Waals surface area contributed by atoms with Crippen LogP contribution in [0.4, 0.5) is 5.69 Å². The van der Waals surface area contributed by atoms with Gasteiger partial charge in [0.1, 0.15) is 0 Å². The summed E-state index contributed by atoms with van der Waals surface area (Å²) < 4.78 is 31.9. The number of benzene rings is 3. The van der Waals surface area contributed by atoms with Crippen molar-refractivity contribution in [3.8, 4) is 0 Å². The summed E-state index contributed by atoms with van der Waals surface area (Å²) >= 11 is 6.00. The van der Waals surface area contributed by atoms with Crippen LogP contribution in [0.15, 0.2) is 88.9 Å². The maximum absolute atomic E-state index is 11.3. The fourth-order valence-electron chi connectivity index (χ4n) is 3.27. The Morgan fingerprint density at radius 1 is 0.929 bits per heavy atom. The molecule has 5 nitrogen and oxygen atoms in total. The molecule has 1 unspecified atom stereocenters. The number of para-hydroxylation sites is 1. The largest absolute Gasteiger partial charge is 0.294 e. The van der Waals surface area contributed by atoms with Crippen LogP contribution in [0.3, 0.4) is 0 Å². The topological polar surface area (TPSA) is 70.0 Å². The van der Waals surface area contributed by atoms with Gasteiger partial charge in [0.25, 0.3) is 10.1 Å². The van der Waals surface area contributed by atoms with Crippen molar-refractivity contribution in [2.24, 2.45) is 5.10 Å². The molecule has 0 radical (unpaired) electrons. The summed E-state index contributed by atoms with van der Waals surface area (Å²) in [6.45, 7) is 0. The first-order valence-electron chi connectivity index (χ1n) is 8.67. The standard InChI is InChI=1S/C21H17ClN2O3S/c22-17-10-6-15(7-11-17)20-14-21(24(23-20)18-4-2-1-3-5-18)16-8-12-19(13-9-16)28(25,26)27/h1-13,21H,14H2,(H,25,26,27). The van der Waals surface area contributed by atoms with Crippen molar-refractivity contribution in [1.29, 1.82) is 0 Å². The van der Waals surface area contributed by atoms with Crippen molar-refractivity contribution in [2.75, 3.05) is 5.01 Å². The number of hydrazone groups is 1. The first-order chi connectivity index (χ1) is 13.4. The van der Waals surface area contributed by atoms with E-state index >= 15 is 0 Å². The second-order valence-corrected chi connectivity index (χ2v) is 8.36. The van der Waals surface area contributed by atoms with E-state index < -0.39 is 10.1 Å². The molecule has 142 valence electrons. The first-order valence-corrected chi connectivity index (χ1v) is 10.5. The number of hydrogen-bond acceptors (Lipinski definition) is 4. The van der Waals surface area contributed by atoms with Crippen LogP contribution in [-0.2, 0) is 10.1 Å². The van der Waals surface area contributed by atoms with Gasteiger partial charge in [0, 0.05) is 11.4 Å². The highest BCUT2D eigenvalue weighted by Crippen LogP contribution is 2.37. The zero-order valence-corrected chi connectivity index (χ0v) is 16.3. The van der Waals surface area contributed by atoms with Crippen molar-refractivity contribution >= 4 is 33.1 Å². The summed E-state index contributed by atoms with van der Waals surface area (Å²) in [4.78, 5) is -0.126. The summed E-state index contributed by atoms with van der Waals surface area (Å²) in [6.07, 6.45) is 0.655. The lowest BCUT2D eigenvalue weighted by atomic mass is 9.98. The molecule has 3 aromatic carbocycles. The second-order valence-electron chi connectivity index (χ2n) is 6.50. The summed E-state index contributed by atoms with van der Waals surface area (Å²) in [5.41, 5.74) is 3.76. The van der Waals surface area contributed by atoms with Crippen LogP contribution in [-0.4, -0.2) is 18.7 Å². The predicted molar refractivity (Wildman–Crippen MR) is 111 cm³/mol. The van der Waals surface area contributed by atoms with E-state index in [4.69, 9.17) is 16.7 Å². The Morgan fingerprint density at radius 2 is 1.57 bits per heavy atom. The second kappa shape index (κ2) is 7.39. The van der Waals surface area contributed by atoms with Crippen LogP contribution in [0.25, 0.3) is 0 Å². The molecule has 0 aromatic heterocycles. The van der Waals surface area contributed by atoms with E-state index in [0.717, 1.165) is 22.5 Å². The highest BCUT2D eigenvalue weighted by Gasteiger charge is 2.30. The minimum absolute atomic E-state index is 0.0940. The minimum Gasteiger partial charge on any atom is -0.282 e. The van der Waals surface area contributed by atoms with E-state index in [9.17, 15) is 13.0 Å². The molecule has 7 heteroatoms. The smallest absolute Gasteiger partial charge is 0.282 e. The van der Waals surface area contributed by atoms with Crippen molar-refractivity contribution in [1.82, 2.24) is 0 Å². The van der Waals surface area contributed by atoms with Crippen LogP contribution in [0.1, 0.15) is 23.6 Å². The van der Waals surface area contributed by atoms with Gasteiger partial charge in [-0.1, -0.05) is 54.1 Å². The van der Waals surface area contributed by atoms with Crippen LogP contribution < -0.4 is 5.01 Å². The summed E-state index contributed by atoms with van der Waals surface area (Å²) in [7, 11) is -4.22. The minimum atomic E-state index is -4.22. The molecule has 1 heterocycles. The molecule has 1 atom stereocenters. The number of hydrogen-bond donors (Lipinski definition) is 1. The van der Waals surface area contributed by atoms with Crippen molar-refractivity contribution < 1.29 is 13.0 Å². The Balaban J connectivity index is 1.72. The highest BCUT2D eigenvalue weighted by molar-refractivity contribution is 7.85. The van der Waals surface area contributed by atoms with Gasteiger partial charge in [-0.15, -0.1) is 0 Å². The third-order valence-electron chi connectivity index (χ3n) is 4.67. The van der Waals surface area contributed by atoms with E-state index in [0.29, 0.717) is 11.4 Å². The predicted octanol–water partition coefficient (Wildman–Crippen LogP) is 4.94. The molecule has 0 aliphatic carbocycles. The molecule has 3 aromatic rings. The molecule has 1 aliphatic rings. The molecule has 1 N–H and O–H groups in total. The zero-order valence-electron chi connectivity index (χ0n) is 14.7. The summed E-state index contributed by atoms with van der Waals surface area (Å²) in [5.74, 6) is 0. The van der Waals surface area contributed by atoms with E-state index in [1.165, 1.54) is 12.1 Å². The number of halogens is 1. The lowest BCUT2D eigenvalue weighted by molar-refractivity contribution is 0.483. The van der Waals surface area contributed by atoms with Gasteiger partial charge in [0.05, 0.1) is 22.3 Å². The Labute approximate surface area is 168 Å². The third kappa shape index (κ3) is 3.80. The highest BCUT2D eigenvalue weighted by atomic mass is 35.5. The van der Waals surface area contributed by atoms with Gasteiger partial charge in [-0.2, -0.15) is 13.5 Å². The summed E-state index contributed by atoms with van der Waals surface area (Å²) in [5, 5.41) is 7.43. The van der Waals surface area contributed by atoms with E-state index in [2.05, 4.69) is 0 Å². The average molecular weight is 413 g/mol. The van der Waals surface area contributed by atoms with Crippen molar-refractivity contribution in [3.05, 3.63) is 95.0 Å². The fourth-order valence-corrected chi connectivity index (χ4v) is 3.87. The van der Waals surface area contributed by atoms with Crippen LogP contribution >= 0.6 is 11.6 Å². The van der Waals surface area contributed by atoms with Crippen molar-refractivity contribution in [3.63, 3.8) is 0 Å². The van der Waals surface area contributed by atoms with Gasteiger partial charge < -0.3 is 0 Å². The SMILES string of the molecule is O=S(=O)(O)c1ccc(C2CC(c3ccc(Cl)cc3)=NN2c2ccccc2)cc1. The maximum atomic E-state index is 11.3. The lowest BCUT2D eigenvalue weighted by Gasteiger charge is -2.24. The van der Waals surface area contributed by atoms with E-state index in [1.807, 2.05) is 59.6 Å². The Bertz CT molecular complexity index is 1110. The van der Waals surface area contributed by atoms with Gasteiger partial charge in [0.2, 0.25) is 0 Å². The number of anilines is 1. The Hall–Kier alpha value is -2.67. The Kier molecular flexibility index (Phi) is 4.93. The third-order valence-corrected chi connectivity index (χ3v) is 5.79. The van der Waals surface area contributed by atoms with Crippen LogP contribution in [0.5, 0.6) is 0 Å². The van der Waals surface area contributed by atoms with Gasteiger partial charge >= 0.3 is 0 Å². The molecular weight excluding hydrogens is 396 g/mol. The zero-order chi connectivity index (χ0) is 19.7. The molecule has 0 amide bonds. The molecule has 28 heavy (non-hydrogen) atoms. The number of rotatable bonds is 4. The first kappa shape index (κ1) is 18.7. The number of nitrogens with zero attached hydrogens (tertiary/aromatic N) is 2. The van der Waals surface area contributed by atoms with Gasteiger partial charge in [-0.3, -0.25) is 9.56 Å². The quantitative estimate of drug-likeness (QED) is 0.616. The van der Waals surface area contributed by atoms with E-state index in [1.54, 1.807) is 12.1 Å². The molecule has 0 bridgehead atoms. The van der Waals surface area contributed by atoms with E-state index in [-0.39, 0.29) is 10.9 Å². The molecule has 1 aliphatic heterocycles. The van der Waals surface area contributed by atoms with Crippen LogP contribution in [0.2, 0.25) is 5.02 Å². The normalized spacial score (nSPS) is 16.9. The average Bonchev–Trinajstić information content (AvgIpc) is 3.14. The Morgan fingerprint density at radius 3 is 2.18 bits per heavy atom. The maximum Gasteiger partial charge on any atom is 0.294 e. The van der Waals surface area contributed by atoms with Gasteiger partial charge in [-0.25, -0.2) is 0 Å². The molecule has 0 saturated carbocycles. The van der Waals surface area contributed by atoms with Crippen LogP contribution in [0, 0.1) is 0 Å². The lowest BCUT2D eigenvalue weighted by Crippen LogP contribution is -2.18. The molecule has 0 fully saturated rings. The monoisotopic (exact) mass is 412 g/mol. The fraction of sp³-hybridized carbons (Fsp3) is 0.0952.